The molecule has 1 aromatic heterocycles. The second kappa shape index (κ2) is 5.12. The van der Waals surface area contributed by atoms with Gasteiger partial charge in [-0.25, -0.2) is 4.68 Å². The Hall–Kier alpha value is -1.33. The van der Waals surface area contributed by atoms with E-state index in [2.05, 4.69) is 41.5 Å². The molecular weight excluding hydrogens is 246 g/mol. The number of ether oxygens (including phenoxy) is 1. The van der Waals surface area contributed by atoms with Gasteiger partial charge in [-0.1, -0.05) is 35.0 Å². The molecule has 1 unspecified atom stereocenters. The molecule has 1 fully saturated rings. The summed E-state index contributed by atoms with van der Waals surface area (Å²) >= 11 is 1.78. The maximum atomic E-state index is 5.57. The van der Waals surface area contributed by atoms with Crippen LogP contribution in [0.25, 0.3) is 0 Å². The molecule has 0 aliphatic carbocycles. The summed E-state index contributed by atoms with van der Waals surface area (Å²) in [6.45, 7) is 3.66. The number of aromatic nitrogens is 3. The van der Waals surface area contributed by atoms with E-state index in [-0.39, 0.29) is 5.44 Å². The Kier molecular flexibility index (Phi) is 3.34. The Morgan fingerprint density at radius 2 is 2.44 bits per heavy atom. The standard InChI is InChI=1S/C13H15N3OS/c1-10-3-2-4-11(7-10)8-16-9-12(14-15-16)13-17-5-6-18-13/h2-4,7,9,13H,5-6,8H2,1H3. The average molecular weight is 261 g/mol. The molecule has 0 spiro atoms. The third-order valence-electron chi connectivity index (χ3n) is 2.85. The fraction of sp³-hybridized carbons (Fsp3) is 0.385. The van der Waals surface area contributed by atoms with E-state index in [0.717, 1.165) is 24.6 Å². The van der Waals surface area contributed by atoms with Gasteiger partial charge in [0.1, 0.15) is 11.1 Å². The van der Waals surface area contributed by atoms with Crippen LogP contribution in [0, 0.1) is 6.92 Å². The zero-order chi connectivity index (χ0) is 12.4. The molecule has 94 valence electrons. The van der Waals surface area contributed by atoms with Crippen molar-refractivity contribution in [2.75, 3.05) is 12.4 Å². The van der Waals surface area contributed by atoms with Crippen molar-refractivity contribution in [3.63, 3.8) is 0 Å². The molecule has 0 amide bonds. The molecule has 0 saturated carbocycles. The van der Waals surface area contributed by atoms with Crippen molar-refractivity contribution in [2.24, 2.45) is 0 Å². The maximum Gasteiger partial charge on any atom is 0.148 e. The SMILES string of the molecule is Cc1cccc(Cn2cc(C3OCCS3)nn2)c1. The summed E-state index contributed by atoms with van der Waals surface area (Å²) in [6, 6.07) is 8.44. The molecule has 1 atom stereocenters. The average Bonchev–Trinajstić information content (AvgIpc) is 2.98. The normalized spacial score (nSPS) is 19.3. The first-order valence-electron chi connectivity index (χ1n) is 6.00. The van der Waals surface area contributed by atoms with Gasteiger partial charge in [-0.3, -0.25) is 0 Å². The highest BCUT2D eigenvalue weighted by Crippen LogP contribution is 2.33. The van der Waals surface area contributed by atoms with E-state index in [1.54, 1.807) is 11.8 Å². The van der Waals surface area contributed by atoms with Crippen molar-refractivity contribution >= 4 is 11.8 Å². The number of nitrogens with zero attached hydrogens (tertiary/aromatic N) is 3. The lowest BCUT2D eigenvalue weighted by atomic mass is 10.1. The summed E-state index contributed by atoms with van der Waals surface area (Å²) in [5.74, 6) is 1.04. The molecular formula is C13H15N3OS. The van der Waals surface area contributed by atoms with Gasteiger partial charge >= 0.3 is 0 Å². The highest BCUT2D eigenvalue weighted by atomic mass is 32.2. The van der Waals surface area contributed by atoms with E-state index in [1.165, 1.54) is 11.1 Å². The van der Waals surface area contributed by atoms with Gasteiger partial charge in [0.15, 0.2) is 0 Å². The quantitative estimate of drug-likeness (QED) is 0.850. The van der Waals surface area contributed by atoms with Crippen LogP contribution in [0.3, 0.4) is 0 Å². The van der Waals surface area contributed by atoms with Crippen LogP contribution in [0.15, 0.2) is 30.5 Å². The maximum absolute atomic E-state index is 5.57. The molecule has 4 nitrogen and oxygen atoms in total. The number of aryl methyl sites for hydroxylation is 1. The molecule has 1 saturated heterocycles. The lowest BCUT2D eigenvalue weighted by Crippen LogP contribution is -2.00. The summed E-state index contributed by atoms with van der Waals surface area (Å²) in [5, 5.41) is 8.34. The fourth-order valence-corrected chi connectivity index (χ4v) is 2.90. The van der Waals surface area contributed by atoms with Crippen LogP contribution in [0.4, 0.5) is 0 Å². The van der Waals surface area contributed by atoms with Crippen molar-refractivity contribution in [2.45, 2.75) is 18.9 Å². The molecule has 5 heteroatoms. The monoisotopic (exact) mass is 261 g/mol. The molecule has 0 radical (unpaired) electrons. The Balaban J connectivity index is 1.73. The van der Waals surface area contributed by atoms with Crippen LogP contribution in [-0.4, -0.2) is 27.4 Å². The van der Waals surface area contributed by atoms with Crippen molar-refractivity contribution in [1.82, 2.24) is 15.0 Å². The molecule has 1 aromatic carbocycles. The molecule has 3 rings (SSSR count). The van der Waals surface area contributed by atoms with Crippen molar-refractivity contribution in [3.05, 3.63) is 47.3 Å². The molecule has 2 heterocycles. The van der Waals surface area contributed by atoms with E-state index in [0.29, 0.717) is 0 Å². The van der Waals surface area contributed by atoms with Crippen molar-refractivity contribution in [1.29, 1.82) is 0 Å². The zero-order valence-corrected chi connectivity index (χ0v) is 11.1. The van der Waals surface area contributed by atoms with Crippen LogP contribution in [0.5, 0.6) is 0 Å². The predicted octanol–water partition coefficient (Wildman–Crippen LogP) is 2.40. The number of benzene rings is 1. The number of hydrogen-bond acceptors (Lipinski definition) is 4. The topological polar surface area (TPSA) is 39.9 Å². The van der Waals surface area contributed by atoms with E-state index >= 15 is 0 Å². The summed E-state index contributed by atoms with van der Waals surface area (Å²) in [5.41, 5.74) is 3.50. The van der Waals surface area contributed by atoms with Gasteiger partial charge < -0.3 is 4.74 Å². The van der Waals surface area contributed by atoms with Crippen LogP contribution in [0.2, 0.25) is 0 Å². The van der Waals surface area contributed by atoms with Gasteiger partial charge in [0, 0.05) is 5.75 Å². The summed E-state index contributed by atoms with van der Waals surface area (Å²) in [6.07, 6.45) is 1.98. The van der Waals surface area contributed by atoms with E-state index in [1.807, 2.05) is 10.9 Å². The second-order valence-electron chi connectivity index (χ2n) is 4.40. The summed E-state index contributed by atoms with van der Waals surface area (Å²) in [7, 11) is 0. The summed E-state index contributed by atoms with van der Waals surface area (Å²) in [4.78, 5) is 0. The molecule has 18 heavy (non-hydrogen) atoms. The van der Waals surface area contributed by atoms with Crippen molar-refractivity contribution < 1.29 is 4.74 Å². The molecule has 2 aromatic rings. The first-order chi connectivity index (χ1) is 8.81. The van der Waals surface area contributed by atoms with Gasteiger partial charge in [-0.15, -0.1) is 16.9 Å². The van der Waals surface area contributed by atoms with Crippen LogP contribution in [0.1, 0.15) is 22.3 Å². The van der Waals surface area contributed by atoms with Gasteiger partial charge in [0.2, 0.25) is 0 Å². The first-order valence-corrected chi connectivity index (χ1v) is 7.05. The second-order valence-corrected chi connectivity index (χ2v) is 5.57. The highest BCUT2D eigenvalue weighted by Gasteiger charge is 2.21. The lowest BCUT2D eigenvalue weighted by molar-refractivity contribution is 0.142. The fourth-order valence-electron chi connectivity index (χ4n) is 2.03. The molecule has 0 N–H and O–H groups in total. The minimum absolute atomic E-state index is 0.0660. The van der Waals surface area contributed by atoms with Gasteiger partial charge in [-0.05, 0) is 12.5 Å². The molecule has 1 aliphatic rings. The van der Waals surface area contributed by atoms with E-state index < -0.39 is 0 Å². The Morgan fingerprint density at radius 1 is 1.50 bits per heavy atom. The Morgan fingerprint density at radius 3 is 3.22 bits per heavy atom. The van der Waals surface area contributed by atoms with Gasteiger partial charge in [0.05, 0.1) is 19.3 Å². The minimum atomic E-state index is 0.0660. The molecule has 1 aliphatic heterocycles. The number of thioether (sulfide) groups is 1. The van der Waals surface area contributed by atoms with E-state index in [9.17, 15) is 0 Å². The van der Waals surface area contributed by atoms with Crippen molar-refractivity contribution in [3.8, 4) is 0 Å². The lowest BCUT2D eigenvalue weighted by Gasteiger charge is -2.03. The van der Waals surface area contributed by atoms with Crippen LogP contribution < -0.4 is 0 Å². The number of hydrogen-bond donors (Lipinski definition) is 0. The van der Waals surface area contributed by atoms with Crippen LogP contribution in [-0.2, 0) is 11.3 Å². The Labute approximate surface area is 110 Å². The Bertz CT molecular complexity index is 535. The third kappa shape index (κ3) is 2.57. The van der Waals surface area contributed by atoms with Crippen LogP contribution >= 0.6 is 11.8 Å². The predicted molar refractivity (Wildman–Crippen MR) is 71.5 cm³/mol. The summed E-state index contributed by atoms with van der Waals surface area (Å²) < 4.78 is 7.44. The smallest absolute Gasteiger partial charge is 0.148 e. The zero-order valence-electron chi connectivity index (χ0n) is 10.2. The van der Waals surface area contributed by atoms with Gasteiger partial charge in [0.25, 0.3) is 0 Å². The number of rotatable bonds is 3. The van der Waals surface area contributed by atoms with E-state index in [4.69, 9.17) is 4.74 Å². The minimum Gasteiger partial charge on any atom is -0.360 e. The molecule has 0 bridgehead atoms. The largest absolute Gasteiger partial charge is 0.360 e. The first kappa shape index (κ1) is 11.7. The van der Waals surface area contributed by atoms with Gasteiger partial charge in [-0.2, -0.15) is 0 Å². The third-order valence-corrected chi connectivity index (χ3v) is 3.93. The highest BCUT2D eigenvalue weighted by molar-refractivity contribution is 7.99.